The lowest BCUT2D eigenvalue weighted by Gasteiger charge is -2.17. The van der Waals surface area contributed by atoms with Crippen molar-refractivity contribution < 1.29 is 13.3 Å². The van der Waals surface area contributed by atoms with Gasteiger partial charge in [0, 0.05) is 32.3 Å². The van der Waals surface area contributed by atoms with Crippen molar-refractivity contribution in [3.05, 3.63) is 33.9 Å². The van der Waals surface area contributed by atoms with Crippen LogP contribution in [-0.2, 0) is 10.0 Å². The van der Waals surface area contributed by atoms with Crippen LogP contribution < -0.4 is 5.73 Å². The molecule has 18 heavy (non-hydrogen) atoms. The SMILES string of the molecule is Cc1ccc([N+](=O)[O-])cc1S(=O)(=O)N(C)CCN. The third-order valence-corrected chi connectivity index (χ3v) is 4.51. The van der Waals surface area contributed by atoms with E-state index in [0.29, 0.717) is 5.56 Å². The molecule has 0 bridgehead atoms. The predicted octanol–water partition coefficient (Wildman–Crippen LogP) is 0.482. The Morgan fingerprint density at radius 3 is 2.56 bits per heavy atom. The van der Waals surface area contributed by atoms with E-state index in [0.717, 1.165) is 10.4 Å². The Balaban J connectivity index is 3.31. The third-order valence-electron chi connectivity index (χ3n) is 2.51. The second kappa shape index (κ2) is 5.42. The highest BCUT2D eigenvalue weighted by atomic mass is 32.2. The van der Waals surface area contributed by atoms with Crippen LogP contribution in [0.1, 0.15) is 5.56 Å². The van der Waals surface area contributed by atoms with Crippen molar-refractivity contribution in [2.45, 2.75) is 11.8 Å². The van der Waals surface area contributed by atoms with E-state index in [1.54, 1.807) is 6.92 Å². The molecule has 1 rings (SSSR count). The molecule has 7 nitrogen and oxygen atoms in total. The minimum Gasteiger partial charge on any atom is -0.329 e. The minimum atomic E-state index is -3.74. The molecule has 1 aromatic rings. The Bertz CT molecular complexity index is 556. The number of aryl methyl sites for hydroxylation is 1. The summed E-state index contributed by atoms with van der Waals surface area (Å²) in [4.78, 5) is 9.98. The fraction of sp³-hybridized carbons (Fsp3) is 0.400. The van der Waals surface area contributed by atoms with Crippen LogP contribution in [0.4, 0.5) is 5.69 Å². The standard InChI is InChI=1S/C10H15N3O4S/c1-8-3-4-9(13(14)15)7-10(8)18(16,17)12(2)6-5-11/h3-4,7H,5-6,11H2,1-2H3. The number of benzene rings is 1. The molecule has 0 aliphatic rings. The number of hydrogen-bond donors (Lipinski definition) is 1. The van der Waals surface area contributed by atoms with Gasteiger partial charge in [-0.1, -0.05) is 6.07 Å². The van der Waals surface area contributed by atoms with Crippen molar-refractivity contribution in [2.24, 2.45) is 5.73 Å². The van der Waals surface area contributed by atoms with Gasteiger partial charge in [0.05, 0.1) is 9.82 Å². The summed E-state index contributed by atoms with van der Waals surface area (Å²) in [5, 5.41) is 10.7. The van der Waals surface area contributed by atoms with E-state index in [9.17, 15) is 18.5 Å². The van der Waals surface area contributed by atoms with E-state index in [1.165, 1.54) is 19.2 Å². The van der Waals surface area contributed by atoms with Crippen molar-refractivity contribution in [3.8, 4) is 0 Å². The maximum absolute atomic E-state index is 12.2. The first kappa shape index (κ1) is 14.6. The molecule has 0 atom stereocenters. The number of rotatable bonds is 5. The zero-order chi connectivity index (χ0) is 13.9. The quantitative estimate of drug-likeness (QED) is 0.620. The molecule has 1 aromatic carbocycles. The van der Waals surface area contributed by atoms with Gasteiger partial charge in [0.15, 0.2) is 0 Å². The molecule has 100 valence electrons. The number of likely N-dealkylation sites (N-methyl/N-ethyl adjacent to an activating group) is 1. The Kier molecular flexibility index (Phi) is 4.38. The van der Waals surface area contributed by atoms with Gasteiger partial charge in [-0.2, -0.15) is 4.31 Å². The van der Waals surface area contributed by atoms with Crippen LogP contribution in [0.15, 0.2) is 23.1 Å². The van der Waals surface area contributed by atoms with Crippen molar-refractivity contribution in [1.29, 1.82) is 0 Å². The number of sulfonamides is 1. The molecule has 0 unspecified atom stereocenters. The van der Waals surface area contributed by atoms with Crippen LogP contribution in [0.25, 0.3) is 0 Å². The molecule has 8 heteroatoms. The van der Waals surface area contributed by atoms with Gasteiger partial charge in [0.2, 0.25) is 10.0 Å². The zero-order valence-electron chi connectivity index (χ0n) is 10.2. The number of hydrogen-bond acceptors (Lipinski definition) is 5. The van der Waals surface area contributed by atoms with Crippen molar-refractivity contribution >= 4 is 15.7 Å². The van der Waals surface area contributed by atoms with Crippen LogP contribution >= 0.6 is 0 Å². The van der Waals surface area contributed by atoms with Crippen molar-refractivity contribution in [3.63, 3.8) is 0 Å². The molecule has 0 radical (unpaired) electrons. The molecular formula is C10H15N3O4S. The fourth-order valence-corrected chi connectivity index (χ4v) is 2.88. The summed E-state index contributed by atoms with van der Waals surface area (Å²) in [6, 6.07) is 3.76. The van der Waals surface area contributed by atoms with E-state index in [4.69, 9.17) is 5.73 Å². The van der Waals surface area contributed by atoms with Gasteiger partial charge in [-0.3, -0.25) is 10.1 Å². The van der Waals surface area contributed by atoms with Crippen molar-refractivity contribution in [1.82, 2.24) is 4.31 Å². The fourth-order valence-electron chi connectivity index (χ4n) is 1.45. The molecule has 0 aromatic heterocycles. The summed E-state index contributed by atoms with van der Waals surface area (Å²) < 4.78 is 25.4. The van der Waals surface area contributed by atoms with Gasteiger partial charge in [-0.05, 0) is 12.5 Å². The van der Waals surface area contributed by atoms with Crippen LogP contribution in [-0.4, -0.2) is 37.8 Å². The predicted molar refractivity (Wildman–Crippen MR) is 66.7 cm³/mol. The van der Waals surface area contributed by atoms with Gasteiger partial charge in [-0.15, -0.1) is 0 Å². The maximum atomic E-state index is 12.2. The summed E-state index contributed by atoms with van der Waals surface area (Å²) in [5.41, 5.74) is 5.52. The summed E-state index contributed by atoms with van der Waals surface area (Å²) >= 11 is 0. The number of nitrogens with two attached hydrogens (primary N) is 1. The minimum absolute atomic E-state index is 0.0624. The van der Waals surface area contributed by atoms with Gasteiger partial charge >= 0.3 is 0 Å². The van der Waals surface area contributed by atoms with E-state index >= 15 is 0 Å². The monoisotopic (exact) mass is 273 g/mol. The van der Waals surface area contributed by atoms with Gasteiger partial charge in [0.25, 0.3) is 5.69 Å². The first-order chi connectivity index (χ1) is 8.30. The third kappa shape index (κ3) is 2.84. The summed E-state index contributed by atoms with van der Waals surface area (Å²) in [5.74, 6) is 0. The molecule has 0 amide bonds. The van der Waals surface area contributed by atoms with E-state index in [-0.39, 0.29) is 23.7 Å². The topological polar surface area (TPSA) is 107 Å². The average Bonchev–Trinajstić information content (AvgIpc) is 2.29. The van der Waals surface area contributed by atoms with Crippen LogP contribution in [0.3, 0.4) is 0 Å². The molecule has 0 aliphatic heterocycles. The number of non-ortho nitro benzene ring substituents is 1. The van der Waals surface area contributed by atoms with Crippen LogP contribution in [0, 0.1) is 17.0 Å². The van der Waals surface area contributed by atoms with E-state index in [2.05, 4.69) is 0 Å². The summed E-state index contributed by atoms with van der Waals surface area (Å²) in [6.45, 7) is 1.93. The van der Waals surface area contributed by atoms with Crippen LogP contribution in [0.5, 0.6) is 0 Å². The number of nitro groups is 1. The van der Waals surface area contributed by atoms with Crippen molar-refractivity contribution in [2.75, 3.05) is 20.1 Å². The summed E-state index contributed by atoms with van der Waals surface area (Å²) in [6.07, 6.45) is 0. The van der Waals surface area contributed by atoms with Gasteiger partial charge in [-0.25, -0.2) is 8.42 Å². The molecule has 0 aliphatic carbocycles. The first-order valence-corrected chi connectivity index (χ1v) is 6.66. The van der Waals surface area contributed by atoms with E-state index < -0.39 is 14.9 Å². The molecular weight excluding hydrogens is 258 g/mol. The van der Waals surface area contributed by atoms with Gasteiger partial charge in [0.1, 0.15) is 0 Å². The smallest absolute Gasteiger partial charge is 0.270 e. The number of nitro benzene ring substituents is 1. The second-order valence-electron chi connectivity index (χ2n) is 3.82. The average molecular weight is 273 g/mol. The maximum Gasteiger partial charge on any atom is 0.270 e. The second-order valence-corrected chi connectivity index (χ2v) is 5.84. The Labute approximate surface area is 105 Å². The molecule has 0 spiro atoms. The van der Waals surface area contributed by atoms with Gasteiger partial charge < -0.3 is 5.73 Å². The van der Waals surface area contributed by atoms with E-state index in [1.807, 2.05) is 0 Å². The molecule has 0 heterocycles. The normalized spacial score (nSPS) is 11.8. The number of nitrogens with zero attached hydrogens (tertiary/aromatic N) is 2. The molecule has 0 saturated heterocycles. The lowest BCUT2D eigenvalue weighted by Crippen LogP contribution is -2.32. The van der Waals surface area contributed by atoms with Crippen LogP contribution in [0.2, 0.25) is 0 Å². The summed E-state index contributed by atoms with van der Waals surface area (Å²) in [7, 11) is -2.35. The molecule has 2 N–H and O–H groups in total. The lowest BCUT2D eigenvalue weighted by atomic mass is 10.2. The highest BCUT2D eigenvalue weighted by Gasteiger charge is 2.24. The Morgan fingerprint density at radius 2 is 2.06 bits per heavy atom. The largest absolute Gasteiger partial charge is 0.329 e. The zero-order valence-corrected chi connectivity index (χ0v) is 11.0. The highest BCUT2D eigenvalue weighted by molar-refractivity contribution is 7.89. The highest BCUT2D eigenvalue weighted by Crippen LogP contribution is 2.23. The molecule has 0 saturated carbocycles. The Hall–Kier alpha value is -1.51. The Morgan fingerprint density at radius 1 is 1.44 bits per heavy atom. The molecule has 0 fully saturated rings. The lowest BCUT2D eigenvalue weighted by molar-refractivity contribution is -0.385. The first-order valence-electron chi connectivity index (χ1n) is 5.22.